The fourth-order valence-corrected chi connectivity index (χ4v) is 4.56. The highest BCUT2D eigenvalue weighted by Gasteiger charge is 2.22. The average molecular weight is 538 g/mol. The molecule has 5 rings (SSSR count). The molecule has 0 spiro atoms. The number of pyridine rings is 1. The topological polar surface area (TPSA) is 126 Å². The Balaban J connectivity index is 1.12. The maximum absolute atomic E-state index is 12.8. The molecular weight excluding hydrogens is 506 g/mol. The molecule has 9 nitrogen and oxygen atoms in total. The van der Waals surface area contributed by atoms with Crippen LogP contribution in [-0.4, -0.2) is 51.1 Å². The molecule has 0 bridgehead atoms. The van der Waals surface area contributed by atoms with Gasteiger partial charge in [0.1, 0.15) is 23.3 Å². The van der Waals surface area contributed by atoms with Crippen molar-refractivity contribution >= 4 is 17.7 Å². The summed E-state index contributed by atoms with van der Waals surface area (Å²) >= 11 is 0. The second-order valence-electron chi connectivity index (χ2n) is 9.66. The first-order valence-electron chi connectivity index (χ1n) is 13.4. The summed E-state index contributed by atoms with van der Waals surface area (Å²) in [6.07, 6.45) is 6.88. The molecular formula is C31H31N5O4. The number of hydrogen-bond acceptors (Lipinski definition) is 7. The van der Waals surface area contributed by atoms with Gasteiger partial charge in [-0.05, 0) is 55.0 Å². The van der Waals surface area contributed by atoms with Crippen LogP contribution in [0.1, 0.15) is 40.2 Å². The molecule has 9 heteroatoms. The van der Waals surface area contributed by atoms with Crippen molar-refractivity contribution in [1.82, 2.24) is 20.3 Å². The van der Waals surface area contributed by atoms with Crippen LogP contribution in [0.25, 0.3) is 11.3 Å². The molecule has 40 heavy (non-hydrogen) atoms. The molecule has 204 valence electrons. The molecule has 0 fully saturated rings. The minimum Gasteiger partial charge on any atom is -0.494 e. The van der Waals surface area contributed by atoms with E-state index in [1.54, 1.807) is 6.20 Å². The lowest BCUT2D eigenvalue weighted by molar-refractivity contribution is -0.139. The summed E-state index contributed by atoms with van der Waals surface area (Å²) < 4.78 is 5.87. The van der Waals surface area contributed by atoms with Crippen molar-refractivity contribution in [3.8, 4) is 17.0 Å². The second kappa shape index (κ2) is 12.8. The van der Waals surface area contributed by atoms with E-state index in [0.717, 1.165) is 54.9 Å². The average Bonchev–Trinajstić information content (AvgIpc) is 3.00. The highest BCUT2D eigenvalue weighted by Crippen LogP contribution is 2.21. The van der Waals surface area contributed by atoms with Gasteiger partial charge in [-0.3, -0.25) is 9.78 Å². The molecule has 3 N–H and O–H groups in total. The molecule has 2 aromatic carbocycles. The van der Waals surface area contributed by atoms with Crippen LogP contribution in [-0.2, 0) is 24.1 Å². The van der Waals surface area contributed by atoms with Gasteiger partial charge in [-0.2, -0.15) is 0 Å². The first-order chi connectivity index (χ1) is 19.5. The van der Waals surface area contributed by atoms with Crippen molar-refractivity contribution in [2.45, 2.75) is 38.1 Å². The molecule has 1 atom stereocenters. The second-order valence-corrected chi connectivity index (χ2v) is 9.66. The van der Waals surface area contributed by atoms with Crippen LogP contribution >= 0.6 is 0 Å². The Morgan fingerprint density at radius 2 is 1.82 bits per heavy atom. The lowest BCUT2D eigenvalue weighted by Crippen LogP contribution is -2.42. The zero-order valence-electron chi connectivity index (χ0n) is 22.0. The fraction of sp³-hybridized carbons (Fsp3) is 0.258. The Labute approximate surface area is 232 Å². The molecule has 2 aromatic heterocycles. The largest absolute Gasteiger partial charge is 0.494 e. The Morgan fingerprint density at radius 3 is 2.62 bits per heavy atom. The first-order valence-corrected chi connectivity index (χ1v) is 13.4. The molecule has 1 aliphatic rings. The van der Waals surface area contributed by atoms with Crippen LogP contribution < -0.4 is 15.4 Å². The Kier molecular flexibility index (Phi) is 8.60. The van der Waals surface area contributed by atoms with Crippen LogP contribution in [0.4, 0.5) is 5.82 Å². The normalized spacial score (nSPS) is 13.0. The number of carbonyl (C=O) groups is 2. The number of carbonyl (C=O) groups excluding carboxylic acids is 1. The molecule has 1 aliphatic heterocycles. The first kappa shape index (κ1) is 26.8. The van der Waals surface area contributed by atoms with E-state index in [4.69, 9.17) is 9.72 Å². The van der Waals surface area contributed by atoms with Gasteiger partial charge in [0.25, 0.3) is 5.91 Å². The van der Waals surface area contributed by atoms with Crippen molar-refractivity contribution in [2.75, 3.05) is 18.5 Å². The molecule has 1 amide bonds. The lowest BCUT2D eigenvalue weighted by atomic mass is 10.1. The highest BCUT2D eigenvalue weighted by molar-refractivity contribution is 5.95. The standard InChI is InChI=1S/C31H31N5O4/c37-30(28-20-32-19-27(35-28)22-6-2-1-3-7-22)36-26(31(38)39)18-21-10-14-25(15-11-21)40-17-5-9-24-13-12-23-8-4-16-33-29(23)34-24/h1-3,6-7,10-15,19-20,26H,4-5,8-9,16-18H2,(H,33,34)(H,36,37)(H,38,39). The number of fused-ring (bicyclic) bond motifs is 1. The third-order valence-electron chi connectivity index (χ3n) is 6.70. The van der Waals surface area contributed by atoms with Crippen LogP contribution in [0, 0.1) is 0 Å². The van der Waals surface area contributed by atoms with Crippen molar-refractivity contribution in [2.24, 2.45) is 0 Å². The van der Waals surface area contributed by atoms with E-state index in [2.05, 4.69) is 32.7 Å². The predicted molar refractivity (Wildman–Crippen MR) is 151 cm³/mol. The van der Waals surface area contributed by atoms with Gasteiger partial charge in [-0.25, -0.2) is 14.8 Å². The third-order valence-corrected chi connectivity index (χ3v) is 6.70. The molecule has 4 aromatic rings. The van der Waals surface area contributed by atoms with Crippen LogP contribution in [0.15, 0.2) is 79.1 Å². The van der Waals surface area contributed by atoms with E-state index >= 15 is 0 Å². The van der Waals surface area contributed by atoms with Crippen LogP contribution in [0.3, 0.4) is 0 Å². The van der Waals surface area contributed by atoms with Gasteiger partial charge in [-0.15, -0.1) is 0 Å². The van der Waals surface area contributed by atoms with E-state index in [9.17, 15) is 14.7 Å². The number of rotatable bonds is 11. The number of aryl methyl sites for hydroxylation is 2. The fourth-order valence-electron chi connectivity index (χ4n) is 4.56. The van der Waals surface area contributed by atoms with Gasteiger partial charge in [0.2, 0.25) is 0 Å². The number of hydrogen-bond donors (Lipinski definition) is 3. The number of carboxylic acid groups (broad SMARTS) is 1. The number of amides is 1. The number of nitrogens with zero attached hydrogens (tertiary/aromatic N) is 3. The Morgan fingerprint density at radius 1 is 1.00 bits per heavy atom. The Bertz CT molecular complexity index is 1460. The SMILES string of the molecule is O=C(NC(Cc1ccc(OCCCc2ccc3c(n2)NCCC3)cc1)C(=O)O)c1cncc(-c2ccccc2)n1. The number of carboxylic acids is 1. The number of ether oxygens (including phenoxy) is 1. The highest BCUT2D eigenvalue weighted by atomic mass is 16.5. The summed E-state index contributed by atoms with van der Waals surface area (Å²) in [6, 6.07) is 19.7. The Hall–Kier alpha value is -4.79. The molecule has 0 saturated carbocycles. The summed E-state index contributed by atoms with van der Waals surface area (Å²) in [7, 11) is 0. The van der Waals surface area contributed by atoms with E-state index in [0.29, 0.717) is 18.1 Å². The van der Waals surface area contributed by atoms with Crippen LogP contribution in [0.2, 0.25) is 0 Å². The quantitative estimate of drug-likeness (QED) is 0.241. The monoisotopic (exact) mass is 537 g/mol. The summed E-state index contributed by atoms with van der Waals surface area (Å²) in [6.45, 7) is 1.52. The number of anilines is 1. The van der Waals surface area contributed by atoms with Gasteiger partial charge >= 0.3 is 5.97 Å². The molecule has 0 saturated heterocycles. The van der Waals surface area contributed by atoms with E-state index in [1.165, 1.54) is 11.8 Å². The summed E-state index contributed by atoms with van der Waals surface area (Å²) in [5, 5.41) is 15.7. The lowest BCUT2D eigenvalue weighted by Gasteiger charge is -2.17. The van der Waals surface area contributed by atoms with Gasteiger partial charge in [0.05, 0.1) is 24.7 Å². The van der Waals surface area contributed by atoms with Crippen molar-refractivity contribution < 1.29 is 19.4 Å². The zero-order valence-corrected chi connectivity index (χ0v) is 22.0. The van der Waals surface area contributed by atoms with Crippen molar-refractivity contribution in [3.63, 3.8) is 0 Å². The maximum atomic E-state index is 12.8. The minimum absolute atomic E-state index is 0.0539. The summed E-state index contributed by atoms with van der Waals surface area (Å²) in [5.41, 5.74) is 4.49. The number of aliphatic carboxylic acids is 1. The van der Waals surface area contributed by atoms with Gasteiger partial charge in [-0.1, -0.05) is 48.5 Å². The van der Waals surface area contributed by atoms with E-state index in [-0.39, 0.29) is 12.1 Å². The van der Waals surface area contributed by atoms with Gasteiger partial charge in [0, 0.05) is 24.2 Å². The van der Waals surface area contributed by atoms with Gasteiger partial charge in [0.15, 0.2) is 0 Å². The number of benzene rings is 2. The van der Waals surface area contributed by atoms with E-state index < -0.39 is 17.9 Å². The van der Waals surface area contributed by atoms with E-state index in [1.807, 2.05) is 54.6 Å². The molecule has 1 unspecified atom stereocenters. The zero-order chi connectivity index (χ0) is 27.7. The van der Waals surface area contributed by atoms with Crippen LogP contribution in [0.5, 0.6) is 5.75 Å². The van der Waals surface area contributed by atoms with Crippen molar-refractivity contribution in [1.29, 1.82) is 0 Å². The number of aromatic nitrogens is 3. The maximum Gasteiger partial charge on any atom is 0.326 e. The van der Waals surface area contributed by atoms with Gasteiger partial charge < -0.3 is 20.5 Å². The summed E-state index contributed by atoms with van der Waals surface area (Å²) in [5.74, 6) is -0.0221. The summed E-state index contributed by atoms with van der Waals surface area (Å²) in [4.78, 5) is 37.9. The predicted octanol–water partition coefficient (Wildman–Crippen LogP) is 4.33. The van der Waals surface area contributed by atoms with Crippen molar-refractivity contribution in [3.05, 3.63) is 102 Å². The molecule has 0 radical (unpaired) electrons. The third kappa shape index (κ3) is 6.99. The molecule has 3 heterocycles. The smallest absolute Gasteiger partial charge is 0.326 e. The number of nitrogens with one attached hydrogen (secondary N) is 2. The minimum atomic E-state index is -1.13. The molecule has 0 aliphatic carbocycles.